The van der Waals surface area contributed by atoms with Crippen LogP contribution in [0.3, 0.4) is 0 Å². The molecule has 2 saturated carbocycles. The van der Waals surface area contributed by atoms with E-state index in [1.807, 2.05) is 24.3 Å². The highest BCUT2D eigenvalue weighted by molar-refractivity contribution is 7.89. The Bertz CT molecular complexity index is 898. The molecule has 3 aliphatic rings. The van der Waals surface area contributed by atoms with Gasteiger partial charge in [0.15, 0.2) is 0 Å². The predicted octanol–water partition coefficient (Wildman–Crippen LogP) is 2.98. The number of nitrogens with zero attached hydrogens (tertiary/aromatic N) is 1. The van der Waals surface area contributed by atoms with Gasteiger partial charge in [0.25, 0.3) is 0 Å². The first-order valence-corrected chi connectivity index (χ1v) is 12.2. The fourth-order valence-corrected chi connectivity index (χ4v) is 8.02. The van der Waals surface area contributed by atoms with Gasteiger partial charge in [0.2, 0.25) is 10.0 Å². The van der Waals surface area contributed by atoms with Crippen LogP contribution >= 0.6 is 0 Å². The van der Waals surface area contributed by atoms with Crippen molar-refractivity contribution >= 4 is 21.5 Å². The van der Waals surface area contributed by atoms with Crippen molar-refractivity contribution in [1.29, 1.82) is 0 Å². The zero-order chi connectivity index (χ0) is 20.9. The Morgan fingerprint density at radius 1 is 1.24 bits per heavy atom. The molecule has 3 fully saturated rings. The monoisotopic (exact) mass is 420 g/mol. The molecule has 6 nitrogen and oxygen atoms in total. The first-order valence-electron chi connectivity index (χ1n) is 10.6. The van der Waals surface area contributed by atoms with Crippen LogP contribution in [0.25, 0.3) is 0 Å². The molecule has 1 aromatic carbocycles. The molecule has 7 heteroatoms. The number of methoxy groups -OCH3 is 1. The quantitative estimate of drug-likeness (QED) is 0.766. The van der Waals surface area contributed by atoms with Crippen LogP contribution in [0, 0.1) is 16.7 Å². The molecule has 1 N–H and O–H groups in total. The van der Waals surface area contributed by atoms with Crippen molar-refractivity contribution in [2.75, 3.05) is 30.9 Å². The van der Waals surface area contributed by atoms with Gasteiger partial charge in [0.05, 0.1) is 18.6 Å². The van der Waals surface area contributed by atoms with Gasteiger partial charge in [0.1, 0.15) is 11.5 Å². The summed E-state index contributed by atoms with van der Waals surface area (Å²) in [4.78, 5) is 14.9. The van der Waals surface area contributed by atoms with E-state index in [2.05, 4.69) is 23.5 Å². The summed E-state index contributed by atoms with van der Waals surface area (Å²) in [5.41, 5.74) is 0.0261. The van der Waals surface area contributed by atoms with Gasteiger partial charge in [-0.15, -0.1) is 0 Å². The Hall–Kier alpha value is -1.60. The number of ether oxygens (including phenoxy) is 1. The smallest absolute Gasteiger partial charge is 0.212 e. The van der Waals surface area contributed by atoms with E-state index in [1.165, 1.54) is 0 Å². The maximum atomic E-state index is 13.1. The molecule has 29 heavy (non-hydrogen) atoms. The third-order valence-corrected chi connectivity index (χ3v) is 9.33. The molecule has 2 bridgehead atoms. The van der Waals surface area contributed by atoms with Crippen molar-refractivity contribution < 1.29 is 17.9 Å². The Morgan fingerprint density at radius 2 is 2.00 bits per heavy atom. The molecule has 1 aliphatic heterocycles. The van der Waals surface area contributed by atoms with Crippen LogP contribution in [-0.2, 0) is 14.8 Å². The normalized spacial score (nSPS) is 31.3. The first-order chi connectivity index (χ1) is 13.7. The van der Waals surface area contributed by atoms with E-state index in [0.29, 0.717) is 25.3 Å². The van der Waals surface area contributed by atoms with E-state index in [1.54, 1.807) is 7.11 Å². The van der Waals surface area contributed by atoms with Crippen molar-refractivity contribution in [3.05, 3.63) is 24.3 Å². The Morgan fingerprint density at radius 3 is 2.66 bits per heavy atom. The van der Waals surface area contributed by atoms with Gasteiger partial charge in [-0.05, 0) is 49.1 Å². The fourth-order valence-electron chi connectivity index (χ4n) is 5.91. The van der Waals surface area contributed by atoms with Crippen molar-refractivity contribution in [3.8, 4) is 5.75 Å². The van der Waals surface area contributed by atoms with Crippen molar-refractivity contribution in [2.45, 2.75) is 52.0 Å². The molecule has 2 aliphatic carbocycles. The molecular weight excluding hydrogens is 388 g/mol. The van der Waals surface area contributed by atoms with E-state index in [-0.39, 0.29) is 23.0 Å². The highest BCUT2D eigenvalue weighted by Gasteiger charge is 2.65. The summed E-state index contributed by atoms with van der Waals surface area (Å²) in [6.07, 6.45) is 3.90. The number of para-hydroxylation sites is 2. The summed E-state index contributed by atoms with van der Waals surface area (Å²) in [5, 5.41) is 0. The lowest BCUT2D eigenvalue weighted by molar-refractivity contribution is -0.128. The second kappa shape index (κ2) is 7.27. The molecule has 0 aromatic heterocycles. The number of Topliss-reactive ketones (excluding diaryl/α,β-unsaturated/α-hetero) is 1. The SMILES string of the molecule is COc1ccccc1N1CCCC(NS(=O)(=O)CC23CCC(CC2=O)C3(C)C)C1. The summed E-state index contributed by atoms with van der Waals surface area (Å²) in [5.74, 6) is 1.18. The number of piperidine rings is 1. The highest BCUT2D eigenvalue weighted by atomic mass is 32.2. The summed E-state index contributed by atoms with van der Waals surface area (Å²) in [7, 11) is -1.91. The minimum absolute atomic E-state index is 0.0759. The molecule has 0 amide bonds. The lowest BCUT2D eigenvalue weighted by Crippen LogP contribution is -2.51. The van der Waals surface area contributed by atoms with Crippen LogP contribution in [0.2, 0.25) is 0 Å². The van der Waals surface area contributed by atoms with Gasteiger partial charge in [-0.1, -0.05) is 26.0 Å². The third-order valence-electron chi connectivity index (χ3n) is 7.77. The van der Waals surface area contributed by atoms with Gasteiger partial charge >= 0.3 is 0 Å². The Kier molecular flexibility index (Phi) is 5.18. The van der Waals surface area contributed by atoms with E-state index in [4.69, 9.17) is 4.74 Å². The molecule has 0 spiro atoms. The average Bonchev–Trinajstić information content (AvgIpc) is 3.01. The second-order valence-electron chi connectivity index (χ2n) is 9.50. The highest BCUT2D eigenvalue weighted by Crippen LogP contribution is 2.64. The minimum atomic E-state index is -3.56. The molecule has 0 radical (unpaired) electrons. The lowest BCUT2D eigenvalue weighted by Gasteiger charge is -2.38. The van der Waals surface area contributed by atoms with Crippen LogP contribution in [0.5, 0.6) is 5.75 Å². The average molecular weight is 421 g/mol. The molecule has 1 aromatic rings. The number of carbonyl (C=O) groups excluding carboxylic acids is 1. The van der Waals surface area contributed by atoms with Gasteiger partial charge < -0.3 is 9.64 Å². The largest absolute Gasteiger partial charge is 0.495 e. The number of benzene rings is 1. The fraction of sp³-hybridized carbons (Fsp3) is 0.682. The third kappa shape index (κ3) is 3.46. The number of ketones is 1. The van der Waals surface area contributed by atoms with Gasteiger partial charge in [0, 0.05) is 31.0 Å². The molecule has 1 heterocycles. The van der Waals surface area contributed by atoms with Gasteiger partial charge in [-0.3, -0.25) is 4.79 Å². The second-order valence-corrected chi connectivity index (χ2v) is 11.3. The maximum Gasteiger partial charge on any atom is 0.212 e. The first kappa shape index (κ1) is 20.7. The number of fused-ring (bicyclic) bond motifs is 2. The summed E-state index contributed by atoms with van der Waals surface area (Å²) in [6, 6.07) is 7.67. The zero-order valence-corrected chi connectivity index (χ0v) is 18.4. The van der Waals surface area contributed by atoms with Crippen LogP contribution in [0.1, 0.15) is 46.0 Å². The molecule has 3 unspecified atom stereocenters. The van der Waals surface area contributed by atoms with Crippen molar-refractivity contribution in [1.82, 2.24) is 4.72 Å². The van der Waals surface area contributed by atoms with E-state index in [9.17, 15) is 13.2 Å². The standard InChI is InChI=1S/C22H32N2O4S/c1-21(2)16-10-11-22(21,20(25)13-16)15-29(26,27)23-17-7-6-12-24(14-17)18-8-4-5-9-19(18)28-3/h4-5,8-9,16-17,23H,6-7,10-15H2,1-3H3. The van der Waals surface area contributed by atoms with Crippen LogP contribution in [0.4, 0.5) is 5.69 Å². The van der Waals surface area contributed by atoms with E-state index >= 15 is 0 Å². The van der Waals surface area contributed by atoms with Crippen molar-refractivity contribution in [3.63, 3.8) is 0 Å². The number of hydrogen-bond donors (Lipinski definition) is 1. The van der Waals surface area contributed by atoms with E-state index < -0.39 is 15.4 Å². The molecular formula is C22H32N2O4S. The number of hydrogen-bond acceptors (Lipinski definition) is 5. The predicted molar refractivity (Wildman–Crippen MR) is 114 cm³/mol. The molecule has 1 saturated heterocycles. The Labute approximate surface area is 174 Å². The van der Waals surface area contributed by atoms with Crippen LogP contribution < -0.4 is 14.4 Å². The zero-order valence-electron chi connectivity index (χ0n) is 17.6. The number of nitrogens with one attached hydrogen (secondary N) is 1. The number of sulfonamides is 1. The summed E-state index contributed by atoms with van der Waals surface area (Å²) < 4.78 is 34.7. The minimum Gasteiger partial charge on any atom is -0.495 e. The van der Waals surface area contributed by atoms with Crippen LogP contribution in [0.15, 0.2) is 24.3 Å². The maximum absolute atomic E-state index is 13.1. The topological polar surface area (TPSA) is 75.7 Å². The van der Waals surface area contributed by atoms with E-state index in [0.717, 1.165) is 37.2 Å². The number of anilines is 1. The number of rotatable bonds is 6. The molecule has 4 rings (SSSR count). The number of carbonyl (C=O) groups is 1. The lowest BCUT2D eigenvalue weighted by atomic mass is 9.70. The molecule has 160 valence electrons. The Balaban J connectivity index is 1.48. The molecule has 3 atom stereocenters. The van der Waals surface area contributed by atoms with Crippen molar-refractivity contribution in [2.24, 2.45) is 16.7 Å². The summed E-state index contributed by atoms with van der Waals surface area (Å²) >= 11 is 0. The summed E-state index contributed by atoms with van der Waals surface area (Å²) in [6.45, 7) is 5.63. The van der Waals surface area contributed by atoms with Crippen LogP contribution in [-0.4, -0.2) is 46.2 Å². The van der Waals surface area contributed by atoms with Gasteiger partial charge in [-0.2, -0.15) is 0 Å². The van der Waals surface area contributed by atoms with Gasteiger partial charge in [-0.25, -0.2) is 13.1 Å².